The summed E-state index contributed by atoms with van der Waals surface area (Å²) in [5.41, 5.74) is 0.478. The van der Waals surface area contributed by atoms with Gasteiger partial charge in [-0.15, -0.1) is 0 Å². The van der Waals surface area contributed by atoms with Gasteiger partial charge in [0.05, 0.1) is 7.11 Å². The Morgan fingerprint density at radius 2 is 1.70 bits per heavy atom. The van der Waals surface area contributed by atoms with E-state index in [4.69, 9.17) is 19.5 Å². The van der Waals surface area contributed by atoms with Gasteiger partial charge >= 0.3 is 7.12 Å². The van der Waals surface area contributed by atoms with Gasteiger partial charge in [0.2, 0.25) is 0 Å². The van der Waals surface area contributed by atoms with Gasteiger partial charge in [0.15, 0.2) is 0 Å². The smallest absolute Gasteiger partial charge is 0.491 e. The fourth-order valence-corrected chi connectivity index (χ4v) is 1.72. The Hall–Kier alpha value is -2.05. The van der Waals surface area contributed by atoms with Gasteiger partial charge in [0, 0.05) is 5.46 Å². The molecule has 0 aliphatic carbocycles. The van der Waals surface area contributed by atoms with E-state index in [1.807, 2.05) is 0 Å². The van der Waals surface area contributed by atoms with Gasteiger partial charge in [-0.1, -0.05) is 12.1 Å². The first-order valence-corrected chi connectivity index (χ1v) is 6.01. The van der Waals surface area contributed by atoms with Crippen molar-refractivity contribution in [1.29, 1.82) is 0 Å². The SMILES string of the molecule is COc1ccc(OCc2ccc(F)c(B(O)O)c2)cc1. The van der Waals surface area contributed by atoms with Crippen molar-refractivity contribution in [3.05, 3.63) is 53.8 Å². The van der Waals surface area contributed by atoms with Gasteiger partial charge in [-0.2, -0.15) is 0 Å². The monoisotopic (exact) mass is 276 g/mol. The molecule has 2 aromatic carbocycles. The van der Waals surface area contributed by atoms with Crippen LogP contribution in [0.3, 0.4) is 0 Å². The minimum atomic E-state index is -1.84. The number of halogens is 1. The van der Waals surface area contributed by atoms with Gasteiger partial charge in [0.25, 0.3) is 0 Å². The van der Waals surface area contributed by atoms with Crippen LogP contribution in [0.1, 0.15) is 5.56 Å². The highest BCUT2D eigenvalue weighted by Gasteiger charge is 2.16. The van der Waals surface area contributed by atoms with Crippen molar-refractivity contribution in [2.75, 3.05) is 7.11 Å². The molecule has 0 radical (unpaired) electrons. The second-order valence-corrected chi connectivity index (χ2v) is 4.19. The molecule has 6 heteroatoms. The molecule has 0 amide bonds. The summed E-state index contributed by atoms with van der Waals surface area (Å²) >= 11 is 0. The molecule has 104 valence electrons. The summed E-state index contributed by atoms with van der Waals surface area (Å²) in [7, 11) is -0.258. The number of benzene rings is 2. The molecule has 2 aromatic rings. The maximum absolute atomic E-state index is 13.3. The number of hydrogen-bond acceptors (Lipinski definition) is 4. The average Bonchev–Trinajstić information content (AvgIpc) is 2.46. The minimum Gasteiger partial charge on any atom is -0.497 e. The molecular formula is C14H14BFO4. The van der Waals surface area contributed by atoms with Gasteiger partial charge in [-0.05, 0) is 35.9 Å². The van der Waals surface area contributed by atoms with E-state index in [0.29, 0.717) is 11.3 Å². The Labute approximate surface area is 116 Å². The van der Waals surface area contributed by atoms with Gasteiger partial charge < -0.3 is 19.5 Å². The van der Waals surface area contributed by atoms with Crippen LogP contribution in [0, 0.1) is 5.82 Å². The third-order valence-electron chi connectivity index (χ3n) is 2.80. The molecule has 0 saturated heterocycles. The predicted octanol–water partition coefficient (Wildman–Crippen LogP) is 1.09. The molecule has 0 saturated carbocycles. The van der Waals surface area contributed by atoms with E-state index in [1.165, 1.54) is 18.2 Å². The second kappa shape index (κ2) is 6.41. The average molecular weight is 276 g/mol. The number of rotatable bonds is 5. The number of ether oxygens (including phenoxy) is 2. The molecule has 0 aromatic heterocycles. The first kappa shape index (κ1) is 14.4. The van der Waals surface area contributed by atoms with Crippen LogP contribution < -0.4 is 14.9 Å². The zero-order valence-corrected chi connectivity index (χ0v) is 10.9. The van der Waals surface area contributed by atoms with Crippen LogP contribution in [-0.4, -0.2) is 24.3 Å². The molecule has 0 heterocycles. The summed E-state index contributed by atoms with van der Waals surface area (Å²) in [6.45, 7) is 0.201. The predicted molar refractivity (Wildman–Crippen MR) is 73.6 cm³/mol. The van der Waals surface area contributed by atoms with Crippen LogP contribution in [0.15, 0.2) is 42.5 Å². The molecule has 0 aliphatic heterocycles. The Bertz CT molecular complexity index is 572. The Balaban J connectivity index is 2.04. The summed E-state index contributed by atoms with van der Waals surface area (Å²) in [6, 6.07) is 11.1. The van der Waals surface area contributed by atoms with E-state index in [1.54, 1.807) is 31.4 Å². The highest BCUT2D eigenvalue weighted by atomic mass is 19.1. The number of methoxy groups -OCH3 is 1. The molecular weight excluding hydrogens is 262 g/mol. The van der Waals surface area contributed by atoms with Gasteiger partial charge in [-0.3, -0.25) is 0 Å². The maximum atomic E-state index is 13.3. The Morgan fingerprint density at radius 1 is 1.05 bits per heavy atom. The third-order valence-corrected chi connectivity index (χ3v) is 2.80. The molecule has 0 bridgehead atoms. The van der Waals surface area contributed by atoms with Crippen molar-refractivity contribution in [1.82, 2.24) is 0 Å². The van der Waals surface area contributed by atoms with Crippen LogP contribution in [-0.2, 0) is 6.61 Å². The Kier molecular flexibility index (Phi) is 4.60. The topological polar surface area (TPSA) is 58.9 Å². The van der Waals surface area contributed by atoms with Crippen LogP contribution in [0.5, 0.6) is 11.5 Å². The lowest BCUT2D eigenvalue weighted by atomic mass is 9.79. The van der Waals surface area contributed by atoms with Crippen molar-refractivity contribution in [3.8, 4) is 11.5 Å². The van der Waals surface area contributed by atoms with E-state index < -0.39 is 12.9 Å². The van der Waals surface area contributed by atoms with Crippen LogP contribution >= 0.6 is 0 Å². The molecule has 2 N–H and O–H groups in total. The highest BCUT2D eigenvalue weighted by Crippen LogP contribution is 2.18. The van der Waals surface area contributed by atoms with Crippen LogP contribution in [0.2, 0.25) is 0 Å². The second-order valence-electron chi connectivity index (χ2n) is 4.19. The molecule has 4 nitrogen and oxygen atoms in total. The highest BCUT2D eigenvalue weighted by molar-refractivity contribution is 6.58. The van der Waals surface area contributed by atoms with E-state index in [2.05, 4.69) is 0 Å². The minimum absolute atomic E-state index is 0.166. The van der Waals surface area contributed by atoms with E-state index in [0.717, 1.165) is 5.75 Å². The summed E-state index contributed by atoms with van der Waals surface area (Å²) in [6.07, 6.45) is 0. The van der Waals surface area contributed by atoms with E-state index >= 15 is 0 Å². The van der Waals surface area contributed by atoms with Crippen molar-refractivity contribution < 1.29 is 23.9 Å². The maximum Gasteiger partial charge on any atom is 0.491 e. The molecule has 2 rings (SSSR count). The van der Waals surface area contributed by atoms with Crippen LogP contribution in [0.25, 0.3) is 0 Å². The molecule has 0 fully saturated rings. The van der Waals surface area contributed by atoms with Crippen molar-refractivity contribution >= 4 is 12.6 Å². The molecule has 0 spiro atoms. The summed E-state index contributed by atoms with van der Waals surface area (Å²) in [5, 5.41) is 18.1. The molecule has 0 aliphatic rings. The van der Waals surface area contributed by atoms with Crippen molar-refractivity contribution in [3.63, 3.8) is 0 Å². The summed E-state index contributed by atoms with van der Waals surface area (Å²) in [4.78, 5) is 0. The molecule has 0 unspecified atom stereocenters. The quantitative estimate of drug-likeness (QED) is 0.803. The first-order chi connectivity index (χ1) is 9.60. The lowest BCUT2D eigenvalue weighted by Crippen LogP contribution is -2.33. The summed E-state index contributed by atoms with van der Waals surface area (Å²) < 4.78 is 23.9. The molecule has 0 atom stereocenters. The van der Waals surface area contributed by atoms with Crippen molar-refractivity contribution in [2.24, 2.45) is 0 Å². The first-order valence-electron chi connectivity index (χ1n) is 6.01. The largest absolute Gasteiger partial charge is 0.497 e. The fourth-order valence-electron chi connectivity index (χ4n) is 1.72. The standard InChI is InChI=1S/C14H14BFO4/c1-19-11-3-5-12(6-4-11)20-9-10-2-7-14(16)13(8-10)15(17)18/h2-8,17-18H,9H2,1H3. The summed E-state index contributed by atoms with van der Waals surface area (Å²) in [5.74, 6) is 0.708. The zero-order chi connectivity index (χ0) is 14.5. The van der Waals surface area contributed by atoms with E-state index in [-0.39, 0.29) is 12.1 Å². The normalized spacial score (nSPS) is 10.2. The Morgan fingerprint density at radius 3 is 2.30 bits per heavy atom. The molecule has 20 heavy (non-hydrogen) atoms. The third kappa shape index (κ3) is 3.49. The van der Waals surface area contributed by atoms with E-state index in [9.17, 15) is 4.39 Å². The zero-order valence-electron chi connectivity index (χ0n) is 10.9. The van der Waals surface area contributed by atoms with Gasteiger partial charge in [0.1, 0.15) is 23.9 Å². The van der Waals surface area contributed by atoms with Crippen LogP contribution in [0.4, 0.5) is 4.39 Å². The lowest BCUT2D eigenvalue weighted by Gasteiger charge is -2.09. The fraction of sp³-hybridized carbons (Fsp3) is 0.143. The lowest BCUT2D eigenvalue weighted by molar-refractivity contribution is 0.305. The number of hydrogen-bond donors (Lipinski definition) is 2. The van der Waals surface area contributed by atoms with Gasteiger partial charge in [-0.25, -0.2) is 4.39 Å². The van der Waals surface area contributed by atoms with Crippen molar-refractivity contribution in [2.45, 2.75) is 6.61 Å².